The topological polar surface area (TPSA) is 57.5 Å². The summed E-state index contributed by atoms with van der Waals surface area (Å²) in [5, 5.41) is 19.4. The second-order valence-corrected chi connectivity index (χ2v) is 9.30. The second kappa shape index (κ2) is 14.3. The van der Waals surface area contributed by atoms with Crippen molar-refractivity contribution in [3.05, 3.63) is 65.2 Å². The number of allylic oxidation sites excluding steroid dienone is 1. The first-order chi connectivity index (χ1) is 15.5. The van der Waals surface area contributed by atoms with Crippen molar-refractivity contribution < 1.29 is 32.1 Å². The third-order valence-electron chi connectivity index (χ3n) is 6.71. The molecule has 2 aliphatic rings. The van der Waals surface area contributed by atoms with Gasteiger partial charge in [-0.25, -0.2) is 0 Å². The van der Waals surface area contributed by atoms with E-state index in [4.69, 9.17) is 0 Å². The zero-order valence-electron chi connectivity index (χ0n) is 19.8. The standard InChI is InChI=1S/C24H28O3.C5H10.Fe/c1-17(25)5-4-8-23(18-6-2-3-7-18)24(19-9-13-21(26)14-10-19)20-11-15-22(27)16-12-20;1-2-4-5-3-1;/h9-16,18,26-27H,2-8H2,1H3;1-5H2;. The van der Waals surface area contributed by atoms with Crippen LogP contribution in [0.4, 0.5) is 0 Å². The number of ketones is 1. The summed E-state index contributed by atoms with van der Waals surface area (Å²) >= 11 is 0. The minimum atomic E-state index is 0. The second-order valence-electron chi connectivity index (χ2n) is 9.30. The Morgan fingerprint density at radius 1 is 0.727 bits per heavy atom. The van der Waals surface area contributed by atoms with Crippen molar-refractivity contribution in [1.82, 2.24) is 0 Å². The monoisotopic (exact) mass is 490 g/mol. The quantitative estimate of drug-likeness (QED) is 0.390. The largest absolute Gasteiger partial charge is 0.508 e. The van der Waals surface area contributed by atoms with Gasteiger partial charge in [0.05, 0.1) is 0 Å². The Morgan fingerprint density at radius 2 is 1.15 bits per heavy atom. The Kier molecular flexibility index (Phi) is 11.8. The van der Waals surface area contributed by atoms with Gasteiger partial charge in [-0.1, -0.05) is 74.8 Å². The average Bonchev–Trinajstić information content (AvgIpc) is 3.52. The Balaban J connectivity index is 0.000000568. The molecule has 180 valence electrons. The van der Waals surface area contributed by atoms with Crippen molar-refractivity contribution in [3.63, 3.8) is 0 Å². The van der Waals surface area contributed by atoms with E-state index in [2.05, 4.69) is 0 Å². The van der Waals surface area contributed by atoms with Crippen molar-refractivity contribution in [2.45, 2.75) is 84.0 Å². The number of Topliss-reactive ketones (excluding diaryl/α,β-unsaturated/α-hetero) is 1. The minimum absolute atomic E-state index is 0. The van der Waals surface area contributed by atoms with E-state index in [1.54, 1.807) is 31.2 Å². The SMILES string of the molecule is C1CCCC1.CC(=O)CCCC(=C(c1ccc(O)cc1)c1ccc(O)cc1)C1CCCC1.[Fe]. The first kappa shape index (κ1) is 27.2. The third-order valence-corrected chi connectivity index (χ3v) is 6.71. The van der Waals surface area contributed by atoms with Crippen LogP contribution in [0.2, 0.25) is 0 Å². The average molecular weight is 490 g/mol. The Bertz CT molecular complexity index is 819. The van der Waals surface area contributed by atoms with Crippen molar-refractivity contribution in [2.24, 2.45) is 5.92 Å². The van der Waals surface area contributed by atoms with E-state index in [-0.39, 0.29) is 34.4 Å². The molecule has 3 nitrogen and oxygen atoms in total. The summed E-state index contributed by atoms with van der Waals surface area (Å²) in [5.74, 6) is 1.27. The number of carbonyl (C=O) groups is 1. The van der Waals surface area contributed by atoms with Gasteiger partial charge in [0.2, 0.25) is 0 Å². The van der Waals surface area contributed by atoms with Crippen molar-refractivity contribution in [3.8, 4) is 11.5 Å². The number of phenolic OH excluding ortho intramolecular Hbond substituents is 2. The predicted molar refractivity (Wildman–Crippen MR) is 132 cm³/mol. The van der Waals surface area contributed by atoms with Gasteiger partial charge in [0, 0.05) is 23.5 Å². The number of phenols is 2. The molecule has 2 fully saturated rings. The molecule has 0 heterocycles. The van der Waals surface area contributed by atoms with Crippen LogP contribution in [0.5, 0.6) is 11.5 Å². The fourth-order valence-corrected chi connectivity index (χ4v) is 5.01. The van der Waals surface area contributed by atoms with Gasteiger partial charge in [-0.2, -0.15) is 0 Å². The van der Waals surface area contributed by atoms with Crippen LogP contribution in [0, 0.1) is 5.92 Å². The molecule has 0 bridgehead atoms. The summed E-state index contributed by atoms with van der Waals surface area (Å²) in [6, 6.07) is 14.7. The van der Waals surface area contributed by atoms with Crippen LogP contribution in [0.15, 0.2) is 54.1 Å². The number of hydrogen-bond donors (Lipinski definition) is 2. The Hall–Kier alpha value is -2.03. The molecule has 4 rings (SSSR count). The van der Waals surface area contributed by atoms with Gasteiger partial charge >= 0.3 is 0 Å². The van der Waals surface area contributed by atoms with Crippen LogP contribution >= 0.6 is 0 Å². The van der Waals surface area contributed by atoms with Gasteiger partial charge in [-0.05, 0) is 79.5 Å². The Labute approximate surface area is 209 Å². The van der Waals surface area contributed by atoms with Crippen molar-refractivity contribution in [1.29, 1.82) is 0 Å². The zero-order chi connectivity index (χ0) is 22.8. The van der Waals surface area contributed by atoms with Crippen molar-refractivity contribution >= 4 is 11.4 Å². The first-order valence-corrected chi connectivity index (χ1v) is 12.4. The molecular formula is C29H38FeO3. The van der Waals surface area contributed by atoms with E-state index < -0.39 is 0 Å². The summed E-state index contributed by atoms with van der Waals surface area (Å²) < 4.78 is 0. The van der Waals surface area contributed by atoms with Crippen LogP contribution in [-0.2, 0) is 21.9 Å². The van der Waals surface area contributed by atoms with E-state index in [0.29, 0.717) is 12.3 Å². The molecule has 0 saturated heterocycles. The molecule has 0 aromatic heterocycles. The van der Waals surface area contributed by atoms with Crippen LogP contribution in [-0.4, -0.2) is 16.0 Å². The molecule has 0 aliphatic heterocycles. The number of carbonyl (C=O) groups excluding carboxylic acids is 1. The van der Waals surface area contributed by atoms with Gasteiger partial charge in [-0.15, -0.1) is 0 Å². The summed E-state index contributed by atoms with van der Waals surface area (Å²) in [4.78, 5) is 11.5. The smallest absolute Gasteiger partial charge is 0.129 e. The molecule has 4 heteroatoms. The third kappa shape index (κ3) is 8.68. The van der Waals surface area contributed by atoms with E-state index in [1.807, 2.05) is 24.3 Å². The van der Waals surface area contributed by atoms with E-state index in [9.17, 15) is 15.0 Å². The molecule has 33 heavy (non-hydrogen) atoms. The van der Waals surface area contributed by atoms with Gasteiger partial charge in [0.25, 0.3) is 0 Å². The molecule has 2 aliphatic carbocycles. The molecule has 2 aromatic carbocycles. The molecule has 0 amide bonds. The molecule has 0 spiro atoms. The molecule has 0 atom stereocenters. The van der Waals surface area contributed by atoms with Crippen molar-refractivity contribution in [2.75, 3.05) is 0 Å². The normalized spacial score (nSPS) is 15.3. The van der Waals surface area contributed by atoms with Crippen LogP contribution in [0.25, 0.3) is 5.57 Å². The van der Waals surface area contributed by atoms with Crippen LogP contribution < -0.4 is 0 Å². The first-order valence-electron chi connectivity index (χ1n) is 12.4. The fourth-order valence-electron chi connectivity index (χ4n) is 5.01. The summed E-state index contributed by atoms with van der Waals surface area (Å²) in [7, 11) is 0. The summed E-state index contributed by atoms with van der Waals surface area (Å²) in [6.45, 7) is 1.65. The molecule has 2 aromatic rings. The number of benzene rings is 2. The molecule has 0 radical (unpaired) electrons. The number of rotatable bonds is 7. The van der Waals surface area contributed by atoms with Gasteiger partial charge in [-0.3, -0.25) is 0 Å². The molecule has 2 N–H and O–H groups in total. The van der Waals surface area contributed by atoms with E-state index in [0.717, 1.165) is 24.0 Å². The minimum Gasteiger partial charge on any atom is -0.508 e. The number of aromatic hydroxyl groups is 2. The fraction of sp³-hybridized carbons (Fsp3) is 0.483. The molecular weight excluding hydrogens is 452 g/mol. The van der Waals surface area contributed by atoms with Gasteiger partial charge in [0.1, 0.15) is 17.3 Å². The summed E-state index contributed by atoms with van der Waals surface area (Å²) in [5.41, 5.74) is 4.74. The summed E-state index contributed by atoms with van der Waals surface area (Å²) in [6.07, 6.45) is 14.7. The molecule has 0 unspecified atom stereocenters. The van der Waals surface area contributed by atoms with Gasteiger partial charge < -0.3 is 15.0 Å². The van der Waals surface area contributed by atoms with Crippen LogP contribution in [0.1, 0.15) is 95.1 Å². The maximum Gasteiger partial charge on any atom is 0.129 e. The van der Waals surface area contributed by atoms with Crippen LogP contribution in [0.3, 0.4) is 0 Å². The Morgan fingerprint density at radius 3 is 1.55 bits per heavy atom. The van der Waals surface area contributed by atoms with E-state index >= 15 is 0 Å². The maximum absolute atomic E-state index is 11.5. The van der Waals surface area contributed by atoms with E-state index in [1.165, 1.54) is 68.9 Å². The zero-order valence-corrected chi connectivity index (χ0v) is 20.9. The maximum atomic E-state index is 11.5. The molecule has 2 saturated carbocycles. The number of hydrogen-bond acceptors (Lipinski definition) is 3. The van der Waals surface area contributed by atoms with Gasteiger partial charge in [0.15, 0.2) is 0 Å². The predicted octanol–water partition coefficient (Wildman–Crippen LogP) is 7.80.